The summed E-state index contributed by atoms with van der Waals surface area (Å²) in [6, 6.07) is 4.85. The Morgan fingerprint density at radius 1 is 1.03 bits per heavy atom. The molecule has 1 aliphatic carbocycles. The first kappa shape index (κ1) is 23.9. The summed E-state index contributed by atoms with van der Waals surface area (Å²) in [5.74, 6) is -1.11. The van der Waals surface area contributed by atoms with Gasteiger partial charge in [-0.05, 0) is 43.7 Å². The van der Waals surface area contributed by atoms with E-state index in [1.807, 2.05) is 4.90 Å². The van der Waals surface area contributed by atoms with Crippen molar-refractivity contribution in [2.45, 2.75) is 44.1 Å². The number of rotatable bonds is 6. The van der Waals surface area contributed by atoms with Crippen LogP contribution in [0.3, 0.4) is 0 Å². The zero-order valence-corrected chi connectivity index (χ0v) is 20.0. The second-order valence-corrected chi connectivity index (χ2v) is 10.1. The second-order valence-electron chi connectivity index (χ2n) is 10.1. The molecule has 1 amide bonds. The molecule has 1 atom stereocenters. The van der Waals surface area contributed by atoms with Crippen molar-refractivity contribution in [3.63, 3.8) is 0 Å². The Kier molecular flexibility index (Phi) is 6.08. The molecule has 0 spiro atoms. The van der Waals surface area contributed by atoms with Gasteiger partial charge in [-0.25, -0.2) is 32.5 Å². The SMILES string of the molecule is O=C(c1cc2nc(NC3CC3)c(N3CCC(C(F)c4ccc(F)cc4F)CC3)nc2cn1)N1CC(F)C1. The fraction of sp³-hybridized carbons (Fsp3) is 0.462. The monoisotopic (exact) mass is 514 g/mol. The predicted octanol–water partition coefficient (Wildman–Crippen LogP) is 4.60. The maximum atomic E-state index is 15.1. The summed E-state index contributed by atoms with van der Waals surface area (Å²) in [6.07, 6.45) is 1.96. The lowest BCUT2D eigenvalue weighted by Gasteiger charge is -2.35. The number of benzene rings is 1. The molecule has 2 saturated heterocycles. The fourth-order valence-corrected chi connectivity index (χ4v) is 4.94. The number of hydrogen-bond donors (Lipinski definition) is 1. The molecule has 6 rings (SSSR count). The maximum absolute atomic E-state index is 15.1. The van der Waals surface area contributed by atoms with E-state index >= 15 is 4.39 Å². The van der Waals surface area contributed by atoms with Gasteiger partial charge >= 0.3 is 0 Å². The zero-order chi connectivity index (χ0) is 25.7. The van der Waals surface area contributed by atoms with Gasteiger partial charge in [-0.3, -0.25) is 4.79 Å². The Hall–Kier alpha value is -3.50. The number of amides is 1. The molecule has 1 aromatic carbocycles. The van der Waals surface area contributed by atoms with Crippen LogP contribution in [0.25, 0.3) is 11.0 Å². The average molecular weight is 515 g/mol. The van der Waals surface area contributed by atoms with Crippen LogP contribution in [0.2, 0.25) is 0 Å². The number of halogens is 4. The van der Waals surface area contributed by atoms with Gasteiger partial charge < -0.3 is 15.1 Å². The van der Waals surface area contributed by atoms with E-state index in [9.17, 15) is 18.0 Å². The summed E-state index contributed by atoms with van der Waals surface area (Å²) in [4.78, 5) is 29.8. The number of anilines is 2. The van der Waals surface area contributed by atoms with Crippen molar-refractivity contribution >= 4 is 28.6 Å². The Morgan fingerprint density at radius 2 is 1.78 bits per heavy atom. The first-order valence-electron chi connectivity index (χ1n) is 12.6. The quantitative estimate of drug-likeness (QED) is 0.485. The van der Waals surface area contributed by atoms with Gasteiger partial charge in [0.2, 0.25) is 0 Å². The number of carbonyl (C=O) groups excluding carboxylic acids is 1. The predicted molar refractivity (Wildman–Crippen MR) is 130 cm³/mol. The van der Waals surface area contributed by atoms with E-state index < -0.39 is 29.9 Å². The number of alkyl halides is 2. The van der Waals surface area contributed by atoms with E-state index in [2.05, 4.69) is 10.3 Å². The molecule has 3 aromatic rings. The van der Waals surface area contributed by atoms with Crippen molar-refractivity contribution in [1.29, 1.82) is 0 Å². The summed E-state index contributed by atoms with van der Waals surface area (Å²) >= 11 is 0. The normalized spacial score (nSPS) is 19.7. The lowest BCUT2D eigenvalue weighted by atomic mass is 9.88. The number of nitrogens with one attached hydrogen (secondary N) is 1. The topological polar surface area (TPSA) is 74.2 Å². The minimum atomic E-state index is -1.52. The van der Waals surface area contributed by atoms with E-state index in [-0.39, 0.29) is 30.3 Å². The summed E-state index contributed by atoms with van der Waals surface area (Å²) in [7, 11) is 0. The van der Waals surface area contributed by atoms with Crippen molar-refractivity contribution in [3.05, 3.63) is 53.4 Å². The summed E-state index contributed by atoms with van der Waals surface area (Å²) in [6.45, 7) is 1.13. The fourth-order valence-electron chi connectivity index (χ4n) is 4.94. The molecule has 1 unspecified atom stereocenters. The van der Waals surface area contributed by atoms with E-state index in [0.717, 1.165) is 18.9 Å². The molecule has 2 aromatic heterocycles. The van der Waals surface area contributed by atoms with Crippen molar-refractivity contribution in [1.82, 2.24) is 19.9 Å². The van der Waals surface area contributed by atoms with Crippen LogP contribution in [-0.4, -0.2) is 64.2 Å². The van der Waals surface area contributed by atoms with Crippen LogP contribution in [0.4, 0.5) is 29.2 Å². The Balaban J connectivity index is 1.22. The number of carbonyl (C=O) groups is 1. The van der Waals surface area contributed by atoms with Gasteiger partial charge in [0.15, 0.2) is 11.6 Å². The number of pyridine rings is 1. The number of likely N-dealkylation sites (tertiary alicyclic amines) is 1. The highest BCUT2D eigenvalue weighted by Gasteiger charge is 2.33. The van der Waals surface area contributed by atoms with Gasteiger partial charge in [0, 0.05) is 30.8 Å². The van der Waals surface area contributed by atoms with Gasteiger partial charge in [-0.1, -0.05) is 6.07 Å². The standard InChI is InChI=1S/C26H26F4N6O/c27-15-1-4-18(19(29)9-15)23(30)14-5-7-35(8-6-14)25-24(32-17-2-3-17)33-20-10-21(31-11-22(20)34-25)26(37)36-12-16(28)13-36/h1,4,9-11,14,16-17,23H,2-3,5-8,12-13H2,(H,32,33). The van der Waals surface area contributed by atoms with Crippen LogP contribution in [0.1, 0.15) is 47.9 Å². The zero-order valence-electron chi connectivity index (χ0n) is 20.0. The summed E-state index contributed by atoms with van der Waals surface area (Å²) in [5.41, 5.74) is 1.10. The molecule has 0 bridgehead atoms. The van der Waals surface area contributed by atoms with Crippen LogP contribution >= 0.6 is 0 Å². The van der Waals surface area contributed by atoms with Gasteiger partial charge in [0.1, 0.15) is 35.2 Å². The molecule has 3 fully saturated rings. The largest absolute Gasteiger partial charge is 0.364 e. The minimum Gasteiger partial charge on any atom is -0.364 e. The van der Waals surface area contributed by atoms with Gasteiger partial charge in [-0.2, -0.15) is 0 Å². The van der Waals surface area contributed by atoms with Gasteiger partial charge in [0.05, 0.1) is 24.8 Å². The third-order valence-corrected chi connectivity index (χ3v) is 7.31. The Labute approximate surface area is 210 Å². The third kappa shape index (κ3) is 4.78. The smallest absolute Gasteiger partial charge is 0.272 e. The van der Waals surface area contributed by atoms with Crippen LogP contribution in [0, 0.1) is 17.6 Å². The molecule has 11 heteroatoms. The van der Waals surface area contributed by atoms with Crippen LogP contribution < -0.4 is 10.2 Å². The second kappa shape index (κ2) is 9.42. The molecular formula is C26H26F4N6O. The number of fused-ring (bicyclic) bond motifs is 1. The molecule has 37 heavy (non-hydrogen) atoms. The van der Waals surface area contributed by atoms with Crippen molar-refractivity contribution in [2.24, 2.45) is 5.92 Å². The minimum absolute atomic E-state index is 0.0706. The van der Waals surface area contributed by atoms with Crippen LogP contribution in [0.5, 0.6) is 0 Å². The van der Waals surface area contributed by atoms with Crippen molar-refractivity contribution in [3.8, 4) is 0 Å². The third-order valence-electron chi connectivity index (χ3n) is 7.31. The van der Waals surface area contributed by atoms with Crippen LogP contribution in [0.15, 0.2) is 30.5 Å². The lowest BCUT2D eigenvalue weighted by molar-refractivity contribution is 0.0395. The Bertz CT molecular complexity index is 1340. The molecule has 0 radical (unpaired) electrons. The van der Waals surface area contributed by atoms with E-state index in [1.165, 1.54) is 17.2 Å². The van der Waals surface area contributed by atoms with E-state index in [0.29, 0.717) is 60.7 Å². The molecular weight excluding hydrogens is 488 g/mol. The molecule has 1 N–H and O–H groups in total. The molecule has 7 nitrogen and oxygen atoms in total. The van der Waals surface area contributed by atoms with Crippen molar-refractivity contribution < 1.29 is 22.4 Å². The molecule has 194 valence electrons. The number of nitrogens with zero attached hydrogens (tertiary/aromatic N) is 5. The number of hydrogen-bond acceptors (Lipinski definition) is 6. The average Bonchev–Trinajstić information content (AvgIpc) is 3.69. The Morgan fingerprint density at radius 3 is 2.46 bits per heavy atom. The first-order valence-corrected chi connectivity index (χ1v) is 12.6. The molecule has 3 aliphatic rings. The maximum Gasteiger partial charge on any atom is 0.272 e. The van der Waals surface area contributed by atoms with Gasteiger partial charge in [-0.15, -0.1) is 0 Å². The van der Waals surface area contributed by atoms with E-state index in [1.54, 1.807) is 6.07 Å². The highest BCUT2D eigenvalue weighted by atomic mass is 19.1. The molecule has 4 heterocycles. The van der Waals surface area contributed by atoms with Crippen LogP contribution in [-0.2, 0) is 0 Å². The van der Waals surface area contributed by atoms with Gasteiger partial charge in [0.25, 0.3) is 5.91 Å². The van der Waals surface area contributed by atoms with Crippen molar-refractivity contribution in [2.75, 3.05) is 36.4 Å². The van der Waals surface area contributed by atoms with E-state index in [4.69, 9.17) is 9.97 Å². The number of piperidine rings is 1. The highest BCUT2D eigenvalue weighted by Crippen LogP contribution is 2.38. The first-order chi connectivity index (χ1) is 17.9. The number of aromatic nitrogens is 3. The lowest BCUT2D eigenvalue weighted by Crippen LogP contribution is -2.51. The summed E-state index contributed by atoms with van der Waals surface area (Å²) in [5, 5.41) is 3.41. The molecule has 2 aliphatic heterocycles. The highest BCUT2D eigenvalue weighted by molar-refractivity contribution is 5.96. The molecule has 1 saturated carbocycles. The summed E-state index contributed by atoms with van der Waals surface area (Å²) < 4.78 is 55.7.